The summed E-state index contributed by atoms with van der Waals surface area (Å²) in [6.45, 7) is 7.84. The molecule has 20 heavy (non-hydrogen) atoms. The van der Waals surface area contributed by atoms with Crippen molar-refractivity contribution in [3.8, 4) is 0 Å². The van der Waals surface area contributed by atoms with Gasteiger partial charge in [0.05, 0.1) is 0 Å². The highest BCUT2D eigenvalue weighted by molar-refractivity contribution is 5.43. The second-order valence-electron chi connectivity index (χ2n) is 5.39. The molecule has 0 aliphatic rings. The number of aryl methyl sites for hydroxylation is 2. The van der Waals surface area contributed by atoms with Crippen LogP contribution in [0.15, 0.2) is 30.3 Å². The van der Waals surface area contributed by atoms with E-state index in [1.807, 2.05) is 12.1 Å². The smallest absolute Gasteiger partial charge is 0.0316 e. The minimum atomic E-state index is 0.852. The molecule has 0 spiro atoms. The first-order valence-corrected chi connectivity index (χ1v) is 7.74. The van der Waals surface area contributed by atoms with Gasteiger partial charge in [0, 0.05) is 30.0 Å². The van der Waals surface area contributed by atoms with Crippen molar-refractivity contribution in [3.63, 3.8) is 0 Å². The number of hydrogen-bond acceptors (Lipinski definition) is 1. The number of nitrogens with two attached hydrogens (primary N) is 1. The van der Waals surface area contributed by atoms with Crippen molar-refractivity contribution in [2.75, 3.05) is 5.73 Å². The zero-order chi connectivity index (χ0) is 14.5. The van der Waals surface area contributed by atoms with Gasteiger partial charge in [-0.1, -0.05) is 32.9 Å². The summed E-state index contributed by atoms with van der Waals surface area (Å²) in [5, 5.41) is 0. The largest absolute Gasteiger partial charge is 0.399 e. The Kier molecular flexibility index (Phi) is 4.89. The normalized spacial score (nSPS) is 10.9. The number of rotatable bonds is 6. The van der Waals surface area contributed by atoms with Crippen molar-refractivity contribution < 1.29 is 0 Å². The molecule has 0 unspecified atom stereocenters. The van der Waals surface area contributed by atoms with Crippen LogP contribution in [0.25, 0.3) is 0 Å². The summed E-state index contributed by atoms with van der Waals surface area (Å²) in [5.41, 5.74) is 12.5. The summed E-state index contributed by atoms with van der Waals surface area (Å²) < 4.78 is 2.52. The molecule has 0 aliphatic heterocycles. The Bertz CT molecular complexity index is 567. The van der Waals surface area contributed by atoms with E-state index in [4.69, 9.17) is 5.73 Å². The highest BCUT2D eigenvalue weighted by Crippen LogP contribution is 2.22. The van der Waals surface area contributed by atoms with E-state index >= 15 is 0 Å². The molecular weight excluding hydrogens is 244 g/mol. The molecule has 0 amide bonds. The van der Waals surface area contributed by atoms with Gasteiger partial charge in [-0.15, -0.1) is 0 Å². The fourth-order valence-electron chi connectivity index (χ4n) is 2.92. The molecule has 1 aromatic carbocycles. The minimum absolute atomic E-state index is 0.852. The van der Waals surface area contributed by atoms with E-state index in [1.54, 1.807) is 0 Å². The summed E-state index contributed by atoms with van der Waals surface area (Å²) in [7, 11) is 0. The molecule has 2 N–H and O–H groups in total. The molecule has 0 atom stereocenters. The van der Waals surface area contributed by atoms with Gasteiger partial charge in [-0.3, -0.25) is 0 Å². The van der Waals surface area contributed by atoms with Crippen LogP contribution in [0.4, 0.5) is 5.69 Å². The summed E-state index contributed by atoms with van der Waals surface area (Å²) >= 11 is 0. The molecule has 1 heterocycles. The number of benzene rings is 1. The summed E-state index contributed by atoms with van der Waals surface area (Å²) in [4.78, 5) is 0. The van der Waals surface area contributed by atoms with Crippen molar-refractivity contribution in [2.24, 2.45) is 0 Å². The van der Waals surface area contributed by atoms with Gasteiger partial charge in [0.1, 0.15) is 0 Å². The quantitative estimate of drug-likeness (QED) is 0.784. The minimum Gasteiger partial charge on any atom is -0.399 e. The topological polar surface area (TPSA) is 30.9 Å². The van der Waals surface area contributed by atoms with E-state index < -0.39 is 0 Å². The number of aromatic nitrogens is 1. The predicted octanol–water partition coefficient (Wildman–Crippen LogP) is 4.20. The van der Waals surface area contributed by atoms with E-state index in [1.165, 1.54) is 28.9 Å². The highest BCUT2D eigenvalue weighted by Gasteiger charge is 2.13. The van der Waals surface area contributed by atoms with Gasteiger partial charge < -0.3 is 10.3 Å². The van der Waals surface area contributed by atoms with Gasteiger partial charge >= 0.3 is 0 Å². The third-order valence-electron chi connectivity index (χ3n) is 3.90. The Balaban J connectivity index is 2.40. The Hall–Kier alpha value is -1.70. The lowest BCUT2D eigenvalue weighted by Gasteiger charge is -2.13. The fraction of sp³-hybridized carbons (Fsp3) is 0.444. The van der Waals surface area contributed by atoms with E-state index in [-0.39, 0.29) is 0 Å². The van der Waals surface area contributed by atoms with Gasteiger partial charge in [0.25, 0.3) is 0 Å². The Morgan fingerprint density at radius 2 is 1.85 bits per heavy atom. The predicted molar refractivity (Wildman–Crippen MR) is 87.1 cm³/mol. The molecular formula is C18H26N2. The first kappa shape index (κ1) is 14.7. The maximum absolute atomic E-state index is 5.90. The first-order chi connectivity index (χ1) is 9.69. The van der Waals surface area contributed by atoms with Crippen molar-refractivity contribution in [3.05, 3.63) is 52.8 Å². The summed E-state index contributed by atoms with van der Waals surface area (Å²) in [5.74, 6) is 0. The highest BCUT2D eigenvalue weighted by atomic mass is 15.0. The molecule has 108 valence electrons. The van der Waals surface area contributed by atoms with Gasteiger partial charge in [0.2, 0.25) is 0 Å². The number of hydrogen-bond donors (Lipinski definition) is 1. The second kappa shape index (κ2) is 6.65. The van der Waals surface area contributed by atoms with Crippen molar-refractivity contribution in [1.29, 1.82) is 0 Å². The van der Waals surface area contributed by atoms with Crippen LogP contribution in [0.5, 0.6) is 0 Å². The molecule has 0 saturated heterocycles. The van der Waals surface area contributed by atoms with Crippen molar-refractivity contribution >= 4 is 5.69 Å². The zero-order valence-corrected chi connectivity index (χ0v) is 12.9. The van der Waals surface area contributed by atoms with Crippen molar-refractivity contribution in [2.45, 2.75) is 53.0 Å². The molecule has 0 aliphatic carbocycles. The summed E-state index contributed by atoms with van der Waals surface area (Å²) in [6.07, 6.45) is 4.36. The fourth-order valence-corrected chi connectivity index (χ4v) is 2.92. The molecule has 0 saturated carbocycles. The number of nitrogens with zero attached hydrogens (tertiary/aromatic N) is 1. The monoisotopic (exact) mass is 270 g/mol. The van der Waals surface area contributed by atoms with Gasteiger partial charge in [-0.2, -0.15) is 0 Å². The van der Waals surface area contributed by atoms with E-state index in [2.05, 4.69) is 43.5 Å². The lowest BCUT2D eigenvalue weighted by atomic mass is 10.0. The first-order valence-electron chi connectivity index (χ1n) is 7.74. The number of anilines is 1. The molecule has 0 radical (unpaired) electrons. The van der Waals surface area contributed by atoms with Crippen molar-refractivity contribution in [1.82, 2.24) is 4.57 Å². The third-order valence-corrected chi connectivity index (χ3v) is 3.90. The third kappa shape index (κ3) is 3.06. The Morgan fingerprint density at radius 1 is 1.05 bits per heavy atom. The molecule has 2 nitrogen and oxygen atoms in total. The van der Waals surface area contributed by atoms with Crippen LogP contribution < -0.4 is 5.73 Å². The standard InChI is InChI=1S/C18H26N2/c1-4-10-20-17(6-3)13-15(5-2)18(20)12-14-8-7-9-16(19)11-14/h7-9,11,13H,4-6,10,12,19H2,1-3H3. The second-order valence-corrected chi connectivity index (χ2v) is 5.39. The van der Waals surface area contributed by atoms with E-state index in [0.29, 0.717) is 0 Å². The summed E-state index contributed by atoms with van der Waals surface area (Å²) in [6, 6.07) is 10.6. The van der Waals surface area contributed by atoms with Crippen LogP contribution in [0.1, 0.15) is 49.7 Å². The Labute approximate surface area is 122 Å². The average Bonchev–Trinajstić information content (AvgIpc) is 2.77. The maximum Gasteiger partial charge on any atom is 0.0316 e. The lowest BCUT2D eigenvalue weighted by molar-refractivity contribution is 0.626. The molecule has 0 bridgehead atoms. The van der Waals surface area contributed by atoms with Crippen LogP contribution in [-0.2, 0) is 25.8 Å². The molecule has 2 aromatic rings. The molecule has 2 rings (SSSR count). The SMILES string of the molecule is CCCn1c(CC)cc(CC)c1Cc1cccc(N)c1. The van der Waals surface area contributed by atoms with Gasteiger partial charge in [-0.25, -0.2) is 0 Å². The van der Waals surface area contributed by atoms with Gasteiger partial charge in [-0.05, 0) is 48.6 Å². The number of nitrogen functional groups attached to an aromatic ring is 1. The molecule has 2 heteroatoms. The van der Waals surface area contributed by atoms with Crippen LogP contribution in [-0.4, -0.2) is 4.57 Å². The van der Waals surface area contributed by atoms with Crippen LogP contribution in [0, 0.1) is 0 Å². The van der Waals surface area contributed by atoms with Crippen LogP contribution >= 0.6 is 0 Å². The Morgan fingerprint density at radius 3 is 2.45 bits per heavy atom. The maximum atomic E-state index is 5.90. The zero-order valence-electron chi connectivity index (χ0n) is 12.9. The van der Waals surface area contributed by atoms with Crippen LogP contribution in [0.3, 0.4) is 0 Å². The van der Waals surface area contributed by atoms with E-state index in [9.17, 15) is 0 Å². The molecule has 0 fully saturated rings. The van der Waals surface area contributed by atoms with Gasteiger partial charge in [0.15, 0.2) is 0 Å². The molecule has 1 aromatic heterocycles. The van der Waals surface area contributed by atoms with Crippen LogP contribution in [0.2, 0.25) is 0 Å². The lowest BCUT2D eigenvalue weighted by Crippen LogP contribution is -2.08. The van der Waals surface area contributed by atoms with E-state index in [0.717, 1.165) is 31.5 Å². The average molecular weight is 270 g/mol.